The van der Waals surface area contributed by atoms with Crippen LogP contribution in [0, 0.1) is 20.8 Å². The molecule has 1 heterocycles. The molecule has 2 aromatic rings. The third-order valence-electron chi connectivity index (χ3n) is 4.60. The third-order valence-corrected chi connectivity index (χ3v) is 4.60. The first kappa shape index (κ1) is 16.2. The number of amides is 2. The van der Waals surface area contributed by atoms with Crippen LogP contribution in [-0.4, -0.2) is 18.4 Å². The predicted molar refractivity (Wildman–Crippen MR) is 96.6 cm³/mol. The van der Waals surface area contributed by atoms with Gasteiger partial charge in [0.05, 0.1) is 0 Å². The van der Waals surface area contributed by atoms with E-state index in [9.17, 15) is 9.59 Å². The van der Waals surface area contributed by atoms with Gasteiger partial charge in [-0.15, -0.1) is 0 Å². The maximum Gasteiger partial charge on any atom is 0.255 e. The molecule has 2 aromatic carbocycles. The van der Waals surface area contributed by atoms with Crippen LogP contribution in [0.5, 0.6) is 0 Å². The Kier molecular flexibility index (Phi) is 4.38. The number of hydrogen-bond acceptors (Lipinski definition) is 2. The molecule has 1 saturated heterocycles. The summed E-state index contributed by atoms with van der Waals surface area (Å²) >= 11 is 0. The van der Waals surface area contributed by atoms with Crippen LogP contribution in [0.4, 0.5) is 11.4 Å². The second-order valence-corrected chi connectivity index (χ2v) is 6.40. The predicted octanol–water partition coefficient (Wildman–Crippen LogP) is 3.99. The maximum atomic E-state index is 12.5. The summed E-state index contributed by atoms with van der Waals surface area (Å²) in [4.78, 5) is 26.3. The van der Waals surface area contributed by atoms with Gasteiger partial charge in [0.25, 0.3) is 5.91 Å². The lowest BCUT2D eigenvalue weighted by Gasteiger charge is -2.19. The first-order valence-corrected chi connectivity index (χ1v) is 8.25. The maximum absolute atomic E-state index is 12.5. The van der Waals surface area contributed by atoms with Crippen LogP contribution in [0.2, 0.25) is 0 Å². The van der Waals surface area contributed by atoms with Crippen LogP contribution in [-0.2, 0) is 4.79 Å². The summed E-state index contributed by atoms with van der Waals surface area (Å²) in [5.74, 6) is 0.0105. The van der Waals surface area contributed by atoms with Crippen LogP contribution < -0.4 is 10.2 Å². The van der Waals surface area contributed by atoms with Gasteiger partial charge in [0.15, 0.2) is 0 Å². The first-order valence-electron chi connectivity index (χ1n) is 8.25. The molecule has 4 heteroatoms. The number of nitrogens with zero attached hydrogens (tertiary/aromatic N) is 1. The smallest absolute Gasteiger partial charge is 0.255 e. The molecule has 0 saturated carbocycles. The van der Waals surface area contributed by atoms with Crippen LogP contribution in [0.1, 0.15) is 39.9 Å². The molecule has 0 unspecified atom stereocenters. The van der Waals surface area contributed by atoms with Crippen molar-refractivity contribution in [1.29, 1.82) is 0 Å². The average molecular weight is 322 g/mol. The zero-order valence-electron chi connectivity index (χ0n) is 14.3. The minimum atomic E-state index is -0.138. The topological polar surface area (TPSA) is 49.4 Å². The monoisotopic (exact) mass is 322 g/mol. The van der Waals surface area contributed by atoms with Crippen molar-refractivity contribution in [3.63, 3.8) is 0 Å². The van der Waals surface area contributed by atoms with Crippen molar-refractivity contribution in [2.75, 3.05) is 16.8 Å². The summed E-state index contributed by atoms with van der Waals surface area (Å²) in [6.45, 7) is 6.75. The van der Waals surface area contributed by atoms with E-state index in [1.807, 2.05) is 57.2 Å². The number of hydrogen-bond donors (Lipinski definition) is 1. The van der Waals surface area contributed by atoms with E-state index in [1.165, 1.54) is 0 Å². The van der Waals surface area contributed by atoms with Crippen molar-refractivity contribution in [3.05, 3.63) is 58.7 Å². The van der Waals surface area contributed by atoms with E-state index in [1.54, 1.807) is 4.90 Å². The summed E-state index contributed by atoms with van der Waals surface area (Å²) in [5.41, 5.74) is 5.52. The Labute approximate surface area is 142 Å². The molecular weight excluding hydrogens is 300 g/mol. The SMILES string of the molecule is Cc1ccc(C(=O)Nc2ccc(C)c(N3CCCC3=O)c2)cc1C. The second-order valence-electron chi connectivity index (χ2n) is 6.40. The number of nitrogens with one attached hydrogen (secondary N) is 1. The van der Waals surface area contributed by atoms with Gasteiger partial charge in [0.1, 0.15) is 0 Å². The largest absolute Gasteiger partial charge is 0.322 e. The van der Waals surface area contributed by atoms with Crippen molar-refractivity contribution in [2.24, 2.45) is 0 Å². The Balaban J connectivity index is 1.83. The number of benzene rings is 2. The highest BCUT2D eigenvalue weighted by molar-refractivity contribution is 6.05. The number of carbonyl (C=O) groups is 2. The molecule has 124 valence electrons. The fraction of sp³-hybridized carbons (Fsp3) is 0.300. The Morgan fingerprint density at radius 1 is 1.00 bits per heavy atom. The van der Waals surface area contributed by atoms with Gasteiger partial charge in [0, 0.05) is 29.9 Å². The van der Waals surface area contributed by atoms with Crippen LogP contribution in [0.15, 0.2) is 36.4 Å². The van der Waals surface area contributed by atoms with Gasteiger partial charge < -0.3 is 10.2 Å². The molecule has 1 aliphatic heterocycles. The molecule has 3 rings (SSSR count). The first-order chi connectivity index (χ1) is 11.5. The van der Waals surface area contributed by atoms with E-state index in [0.717, 1.165) is 35.3 Å². The number of aryl methyl sites for hydroxylation is 3. The van der Waals surface area contributed by atoms with Crippen LogP contribution in [0.25, 0.3) is 0 Å². The molecule has 0 bridgehead atoms. The van der Waals surface area contributed by atoms with E-state index in [0.29, 0.717) is 17.7 Å². The fourth-order valence-corrected chi connectivity index (χ4v) is 2.97. The van der Waals surface area contributed by atoms with Gasteiger partial charge in [-0.3, -0.25) is 9.59 Å². The molecule has 0 atom stereocenters. The lowest BCUT2D eigenvalue weighted by atomic mass is 10.1. The number of rotatable bonds is 3. The Bertz CT molecular complexity index is 811. The molecule has 0 spiro atoms. The van der Waals surface area contributed by atoms with Gasteiger partial charge in [0.2, 0.25) is 5.91 Å². The number of anilines is 2. The van der Waals surface area contributed by atoms with Crippen molar-refractivity contribution >= 4 is 23.2 Å². The Morgan fingerprint density at radius 2 is 1.75 bits per heavy atom. The van der Waals surface area contributed by atoms with Gasteiger partial charge >= 0.3 is 0 Å². The zero-order chi connectivity index (χ0) is 17.3. The lowest BCUT2D eigenvalue weighted by molar-refractivity contribution is -0.117. The highest BCUT2D eigenvalue weighted by Crippen LogP contribution is 2.28. The molecule has 0 aliphatic carbocycles. The van der Waals surface area contributed by atoms with Crippen LogP contribution in [0.3, 0.4) is 0 Å². The fourth-order valence-electron chi connectivity index (χ4n) is 2.97. The molecular formula is C20H22N2O2. The molecule has 2 amide bonds. The number of carbonyl (C=O) groups excluding carboxylic acids is 2. The third kappa shape index (κ3) is 3.18. The molecule has 1 aliphatic rings. The van der Waals surface area contributed by atoms with Crippen molar-refractivity contribution in [2.45, 2.75) is 33.6 Å². The summed E-state index contributed by atoms with van der Waals surface area (Å²) in [5, 5.41) is 2.93. The Hall–Kier alpha value is -2.62. The molecule has 24 heavy (non-hydrogen) atoms. The Morgan fingerprint density at radius 3 is 2.42 bits per heavy atom. The van der Waals surface area contributed by atoms with Crippen molar-refractivity contribution < 1.29 is 9.59 Å². The quantitative estimate of drug-likeness (QED) is 0.929. The standard InChI is InChI=1S/C20H22N2O2/c1-13-6-8-16(11-15(13)3)20(24)21-17-9-7-14(2)18(12-17)22-10-4-5-19(22)23/h6-9,11-12H,4-5,10H2,1-3H3,(H,21,24). The molecule has 0 radical (unpaired) electrons. The van der Waals surface area contributed by atoms with E-state index in [-0.39, 0.29) is 11.8 Å². The summed E-state index contributed by atoms with van der Waals surface area (Å²) in [6.07, 6.45) is 1.48. The van der Waals surface area contributed by atoms with E-state index >= 15 is 0 Å². The highest BCUT2D eigenvalue weighted by Gasteiger charge is 2.23. The summed E-state index contributed by atoms with van der Waals surface area (Å²) < 4.78 is 0. The molecule has 0 aromatic heterocycles. The highest BCUT2D eigenvalue weighted by atomic mass is 16.2. The summed E-state index contributed by atoms with van der Waals surface area (Å²) in [7, 11) is 0. The summed E-state index contributed by atoms with van der Waals surface area (Å²) in [6, 6.07) is 11.4. The van der Waals surface area contributed by atoms with Gasteiger partial charge in [-0.25, -0.2) is 0 Å². The van der Waals surface area contributed by atoms with E-state index in [2.05, 4.69) is 5.32 Å². The average Bonchev–Trinajstić information content (AvgIpc) is 2.97. The lowest BCUT2D eigenvalue weighted by Crippen LogP contribution is -2.24. The van der Waals surface area contributed by atoms with Crippen molar-refractivity contribution in [1.82, 2.24) is 0 Å². The van der Waals surface area contributed by atoms with E-state index in [4.69, 9.17) is 0 Å². The second kappa shape index (κ2) is 6.48. The van der Waals surface area contributed by atoms with Gasteiger partial charge in [-0.1, -0.05) is 12.1 Å². The zero-order valence-corrected chi connectivity index (χ0v) is 14.3. The van der Waals surface area contributed by atoms with E-state index < -0.39 is 0 Å². The molecule has 4 nitrogen and oxygen atoms in total. The van der Waals surface area contributed by atoms with Crippen molar-refractivity contribution in [3.8, 4) is 0 Å². The minimum Gasteiger partial charge on any atom is -0.322 e. The van der Waals surface area contributed by atoms with Gasteiger partial charge in [-0.2, -0.15) is 0 Å². The normalized spacial score (nSPS) is 14.1. The van der Waals surface area contributed by atoms with Gasteiger partial charge in [-0.05, 0) is 68.1 Å². The minimum absolute atomic E-state index is 0.138. The molecule has 1 fully saturated rings. The van der Waals surface area contributed by atoms with Crippen LogP contribution >= 0.6 is 0 Å². The molecule has 1 N–H and O–H groups in total.